The van der Waals surface area contributed by atoms with Gasteiger partial charge in [0.15, 0.2) is 0 Å². The Hall–Kier alpha value is -3.48. The van der Waals surface area contributed by atoms with Crippen molar-refractivity contribution in [1.29, 1.82) is 0 Å². The van der Waals surface area contributed by atoms with E-state index in [1.807, 2.05) is 18.2 Å². The number of phenols is 1. The molecule has 42 heavy (non-hydrogen) atoms. The Morgan fingerprint density at radius 1 is 1.31 bits per heavy atom. The summed E-state index contributed by atoms with van der Waals surface area (Å²) in [5.74, 6) is -3.14. The van der Waals surface area contributed by atoms with Crippen LogP contribution in [0.4, 0.5) is 14.6 Å². The number of phenolic OH excluding ortho intramolecular Hbond substituents is 1. The molecule has 2 aromatic heterocycles. The predicted octanol–water partition coefficient (Wildman–Crippen LogP) is 2.56. The number of halogens is 2. The van der Waals surface area contributed by atoms with E-state index in [9.17, 15) is 18.7 Å². The van der Waals surface area contributed by atoms with Gasteiger partial charge in [-0.3, -0.25) is 4.79 Å². The summed E-state index contributed by atoms with van der Waals surface area (Å²) in [6, 6.07) is 7.60. The second-order valence-corrected chi connectivity index (χ2v) is 10.1. The van der Waals surface area contributed by atoms with Gasteiger partial charge >= 0.3 is 18.9 Å². The third kappa shape index (κ3) is 6.30. The molecule has 0 spiro atoms. The summed E-state index contributed by atoms with van der Waals surface area (Å²) >= 11 is 0. The van der Waals surface area contributed by atoms with Crippen LogP contribution < -0.4 is 24.6 Å². The number of amides is 1. The molecule has 1 saturated carbocycles. The second kappa shape index (κ2) is 13.7. The summed E-state index contributed by atoms with van der Waals surface area (Å²) in [6.45, 7) is 13.0. The Morgan fingerprint density at radius 3 is 2.52 bits per heavy atom. The molecule has 3 heterocycles. The molecule has 1 atom stereocenters. The van der Waals surface area contributed by atoms with E-state index < -0.39 is 30.0 Å². The van der Waals surface area contributed by atoms with Crippen molar-refractivity contribution in [1.82, 2.24) is 19.7 Å². The predicted molar refractivity (Wildman–Crippen MR) is 152 cm³/mol. The number of allylic oxidation sites excluding steroid dienone is 1. The van der Waals surface area contributed by atoms with Crippen molar-refractivity contribution in [2.75, 3.05) is 12.3 Å². The van der Waals surface area contributed by atoms with Crippen LogP contribution in [0.3, 0.4) is 0 Å². The zero-order chi connectivity index (χ0) is 29.9. The molecule has 5 rings (SSSR count). The minimum absolute atomic E-state index is 0. The fraction of sp³-hybridized carbons (Fsp3) is 0.355. The minimum atomic E-state index is -3.12. The molecule has 8 nitrogen and oxygen atoms in total. The van der Waals surface area contributed by atoms with Crippen LogP contribution in [0.5, 0.6) is 5.75 Å². The molecule has 1 aliphatic heterocycles. The van der Waals surface area contributed by atoms with E-state index in [1.165, 1.54) is 25.7 Å². The van der Waals surface area contributed by atoms with Crippen molar-refractivity contribution in [3.05, 3.63) is 90.6 Å². The van der Waals surface area contributed by atoms with Crippen molar-refractivity contribution in [2.24, 2.45) is 0 Å². The van der Waals surface area contributed by atoms with Crippen molar-refractivity contribution in [3.63, 3.8) is 0 Å². The van der Waals surface area contributed by atoms with E-state index in [2.05, 4.69) is 25.4 Å². The minimum Gasteiger partial charge on any atom is -0.506 e. The first-order chi connectivity index (χ1) is 19.6. The largest absolute Gasteiger partial charge is 1.00 e. The number of rotatable bonds is 7. The Bertz CT molecular complexity index is 1450. The number of carbonyl (C=O) groups excluding carboxylic acids is 2. The van der Waals surface area contributed by atoms with Gasteiger partial charge in [-0.1, -0.05) is 25.5 Å². The monoisotopic (exact) mass is 569 g/mol. The number of alkyl halides is 2. The van der Waals surface area contributed by atoms with E-state index in [0.29, 0.717) is 36.7 Å². The topological polar surface area (TPSA) is 114 Å². The molecule has 1 aromatic carbocycles. The van der Waals surface area contributed by atoms with Gasteiger partial charge in [0.05, 0.1) is 5.56 Å². The maximum Gasteiger partial charge on any atom is 1.00 e. The fourth-order valence-corrected chi connectivity index (χ4v) is 5.22. The van der Waals surface area contributed by atoms with Crippen LogP contribution in [0, 0.1) is 13.8 Å². The molecule has 1 aliphatic carbocycles. The standard InChI is InChI=1S/C28H31F2N5O2.C3H3O.Li/c1-4-20-25-16(3)34(27(37)19-10-12-24(32-26(19)31)28(29,30)5-2)14-13-22(25)35(33-20)21-11-9-18(15-23(21)36)17-7-6-8-17;1-2-3-4;/h9-12,15-17,36H,1,3-8,13-14H2,2H3,(H2,31,32);2H,1H2;/q-2;-1;+1. The zero-order valence-electron chi connectivity index (χ0n) is 24.1. The third-order valence-electron chi connectivity index (χ3n) is 7.76. The number of fused-ring (bicyclic) bond motifs is 1. The van der Waals surface area contributed by atoms with Crippen LogP contribution in [0.1, 0.15) is 83.1 Å². The van der Waals surface area contributed by atoms with Crippen LogP contribution >= 0.6 is 0 Å². The average Bonchev–Trinajstić information content (AvgIpc) is 3.31. The molecule has 1 amide bonds. The van der Waals surface area contributed by atoms with Gasteiger partial charge in [0.2, 0.25) is 0 Å². The molecule has 3 aromatic rings. The number of hydrogen-bond acceptors (Lipinski definition) is 6. The van der Waals surface area contributed by atoms with Crippen LogP contribution in [-0.2, 0) is 23.6 Å². The van der Waals surface area contributed by atoms with Gasteiger partial charge in [-0.15, -0.1) is 6.42 Å². The number of aromatic nitrogens is 3. The number of carbonyl (C=O) groups is 1. The SMILES string of the molecule is C=C[C-]=O.[CH2-]Cc1nn(-c2ccc(C3CCC3)cc2O)c2c1C([CH2-])N(C(=O)c1ccc(C(F)(F)CC)nc1N)CC2.[Li+]. The van der Waals surface area contributed by atoms with Crippen molar-refractivity contribution >= 4 is 18.0 Å². The van der Waals surface area contributed by atoms with Gasteiger partial charge in [0, 0.05) is 30.8 Å². The molecule has 2 aliphatic rings. The van der Waals surface area contributed by atoms with Crippen LogP contribution in [-0.4, -0.2) is 43.5 Å². The third-order valence-corrected chi connectivity index (χ3v) is 7.76. The number of pyridine rings is 1. The number of nitrogens with two attached hydrogens (primary N) is 1. The summed E-state index contributed by atoms with van der Waals surface area (Å²) in [5, 5.41) is 15.6. The molecule has 0 saturated heterocycles. The zero-order valence-corrected chi connectivity index (χ0v) is 24.1. The number of nitrogens with zero attached hydrogens (tertiary/aromatic N) is 4. The van der Waals surface area contributed by atoms with E-state index in [4.69, 9.17) is 15.6 Å². The molecule has 3 N–H and O–H groups in total. The first kappa shape index (κ1) is 33.0. The first-order valence-corrected chi connectivity index (χ1v) is 13.6. The fourth-order valence-electron chi connectivity index (χ4n) is 5.22. The van der Waals surface area contributed by atoms with E-state index in [0.717, 1.165) is 41.8 Å². The van der Waals surface area contributed by atoms with E-state index >= 15 is 0 Å². The van der Waals surface area contributed by atoms with Gasteiger partial charge in [-0.05, 0) is 60.4 Å². The molecule has 218 valence electrons. The summed E-state index contributed by atoms with van der Waals surface area (Å²) in [6.07, 6.45) is 6.41. The number of benzene rings is 1. The van der Waals surface area contributed by atoms with Crippen LogP contribution in [0.15, 0.2) is 43.0 Å². The normalized spacial score (nSPS) is 16.3. The molecular weight excluding hydrogens is 535 g/mol. The molecule has 0 radical (unpaired) electrons. The summed E-state index contributed by atoms with van der Waals surface area (Å²) < 4.78 is 29.8. The van der Waals surface area contributed by atoms with Gasteiger partial charge < -0.3 is 34.4 Å². The van der Waals surface area contributed by atoms with Gasteiger partial charge in [0.25, 0.3) is 11.8 Å². The van der Waals surface area contributed by atoms with Gasteiger partial charge in [-0.25, -0.2) is 22.3 Å². The summed E-state index contributed by atoms with van der Waals surface area (Å²) in [7, 11) is 0. The number of hydrogen-bond donors (Lipinski definition) is 2. The van der Waals surface area contributed by atoms with Crippen LogP contribution in [0.25, 0.3) is 5.69 Å². The Labute approximate surface area is 257 Å². The van der Waals surface area contributed by atoms with Gasteiger partial charge in [-0.2, -0.15) is 13.9 Å². The summed E-state index contributed by atoms with van der Waals surface area (Å²) in [4.78, 5) is 27.7. The number of anilines is 1. The number of aromatic hydroxyl groups is 1. The maximum absolute atomic E-state index is 14.1. The molecular formula is C31H34F2LiN5O3-2. The second-order valence-electron chi connectivity index (χ2n) is 10.1. The molecule has 1 unspecified atom stereocenters. The van der Waals surface area contributed by atoms with E-state index in [-0.39, 0.29) is 36.0 Å². The van der Waals surface area contributed by atoms with Crippen molar-refractivity contribution < 1.29 is 42.3 Å². The van der Waals surface area contributed by atoms with Crippen molar-refractivity contribution in [3.8, 4) is 11.4 Å². The van der Waals surface area contributed by atoms with E-state index in [1.54, 1.807) is 9.58 Å². The Balaban J connectivity index is 0.000000911. The molecule has 0 bridgehead atoms. The Morgan fingerprint density at radius 2 is 2.00 bits per heavy atom. The van der Waals surface area contributed by atoms with Crippen molar-refractivity contribution in [2.45, 2.75) is 63.3 Å². The molecule has 1 fully saturated rings. The smallest absolute Gasteiger partial charge is 0.506 e. The Kier molecular flexibility index (Phi) is 10.7. The summed E-state index contributed by atoms with van der Waals surface area (Å²) in [5.41, 5.74) is 9.57. The van der Waals surface area contributed by atoms with Crippen LogP contribution in [0.2, 0.25) is 0 Å². The first-order valence-electron chi connectivity index (χ1n) is 13.6. The number of nitrogen functional groups attached to an aromatic ring is 1. The quantitative estimate of drug-likeness (QED) is 0.257. The van der Waals surface area contributed by atoms with Gasteiger partial charge in [0.1, 0.15) is 22.9 Å². The molecule has 11 heteroatoms. The maximum atomic E-state index is 14.1. The average molecular weight is 570 g/mol.